The second kappa shape index (κ2) is 4.84. The van der Waals surface area contributed by atoms with Crippen molar-refractivity contribution in [1.82, 2.24) is 9.80 Å². The van der Waals surface area contributed by atoms with Crippen molar-refractivity contribution >= 4 is 5.91 Å². The van der Waals surface area contributed by atoms with E-state index in [4.69, 9.17) is 5.73 Å². The third-order valence-electron chi connectivity index (χ3n) is 2.66. The van der Waals surface area contributed by atoms with Crippen LogP contribution in [0.1, 0.15) is 6.42 Å². The van der Waals surface area contributed by atoms with Gasteiger partial charge >= 0.3 is 0 Å². The van der Waals surface area contributed by atoms with Crippen LogP contribution in [0.15, 0.2) is 47.3 Å². The Bertz CT molecular complexity index is 493. The van der Waals surface area contributed by atoms with Crippen LogP contribution in [0.3, 0.4) is 0 Å². The maximum atomic E-state index is 11.1. The highest BCUT2D eigenvalue weighted by atomic mass is 16.1. The van der Waals surface area contributed by atoms with Crippen LogP contribution in [0.5, 0.6) is 0 Å². The molecule has 0 aromatic rings. The Balaban J connectivity index is 2.36. The molecule has 0 bridgehead atoms. The van der Waals surface area contributed by atoms with E-state index in [1.165, 1.54) is 0 Å². The van der Waals surface area contributed by atoms with E-state index >= 15 is 0 Å². The van der Waals surface area contributed by atoms with Crippen LogP contribution in [0.25, 0.3) is 0 Å². The Morgan fingerprint density at radius 1 is 1.28 bits per heavy atom. The van der Waals surface area contributed by atoms with Gasteiger partial charge in [0.15, 0.2) is 16.7 Å². The molecule has 0 atom stereocenters. The minimum Gasteiger partial charge on any atom is -0.369 e. The van der Waals surface area contributed by atoms with E-state index in [-0.39, 0.29) is 12.3 Å². The molecule has 2 aliphatic rings. The Kier molecular flexibility index (Phi) is 3.24. The van der Waals surface area contributed by atoms with Crippen molar-refractivity contribution in [3.05, 3.63) is 59.7 Å². The molecule has 2 heterocycles. The molecule has 4 nitrogen and oxygen atoms in total. The Morgan fingerprint density at radius 2 is 2.00 bits per heavy atom. The molecule has 0 unspecified atom stereocenters. The Morgan fingerprint density at radius 3 is 2.61 bits per heavy atom. The van der Waals surface area contributed by atoms with E-state index in [2.05, 4.69) is 12.4 Å². The fourth-order valence-electron chi connectivity index (χ4n) is 1.80. The van der Waals surface area contributed by atoms with Gasteiger partial charge in [0.2, 0.25) is 5.91 Å². The molecular formula is C14H15N3O+2. The molecule has 0 aromatic carbocycles. The van der Waals surface area contributed by atoms with Crippen LogP contribution in [-0.2, 0) is 4.79 Å². The molecule has 0 aliphatic carbocycles. The fraction of sp³-hybridized carbons (Fsp3) is 0.214. The number of nitrogens with zero attached hydrogens (tertiary/aromatic N) is 2. The average Bonchev–Trinajstić information content (AvgIpc) is 2.30. The first-order chi connectivity index (χ1) is 8.56. The van der Waals surface area contributed by atoms with Gasteiger partial charge in [0.25, 0.3) is 0 Å². The van der Waals surface area contributed by atoms with Gasteiger partial charge in [-0.25, -0.2) is 9.80 Å². The van der Waals surface area contributed by atoms with E-state index in [9.17, 15) is 4.79 Å². The fourth-order valence-corrected chi connectivity index (χ4v) is 1.80. The molecular weight excluding hydrogens is 226 g/mol. The van der Waals surface area contributed by atoms with Gasteiger partial charge < -0.3 is 5.73 Å². The van der Waals surface area contributed by atoms with E-state index < -0.39 is 0 Å². The van der Waals surface area contributed by atoms with Gasteiger partial charge in [-0.05, 0) is 0 Å². The van der Waals surface area contributed by atoms with Crippen LogP contribution < -0.4 is 5.73 Å². The zero-order valence-corrected chi connectivity index (χ0v) is 10.5. The summed E-state index contributed by atoms with van der Waals surface area (Å²) in [4.78, 5) is 14.7. The quantitative estimate of drug-likeness (QED) is 0.736. The molecule has 0 radical (unpaired) electrons. The molecule has 2 aliphatic heterocycles. The zero-order chi connectivity index (χ0) is 13.1. The monoisotopic (exact) mass is 241 g/mol. The molecule has 2 N–H and O–H groups in total. The summed E-state index contributed by atoms with van der Waals surface area (Å²) < 4.78 is 0. The van der Waals surface area contributed by atoms with Crippen LogP contribution in [0.4, 0.5) is 0 Å². The third-order valence-corrected chi connectivity index (χ3v) is 2.66. The Labute approximate surface area is 107 Å². The number of amides is 1. The highest BCUT2D eigenvalue weighted by molar-refractivity contribution is 5.78. The number of carbonyl (C=O) groups is 1. The van der Waals surface area contributed by atoms with Crippen molar-refractivity contribution in [2.45, 2.75) is 6.42 Å². The first-order valence-corrected chi connectivity index (χ1v) is 5.63. The number of allylic oxidation sites excluding steroid dienone is 5. The summed E-state index contributed by atoms with van der Waals surface area (Å²) in [5.41, 5.74) is 8.03. The van der Waals surface area contributed by atoms with Gasteiger partial charge in [-0.2, -0.15) is 0 Å². The lowest BCUT2D eigenvalue weighted by molar-refractivity contribution is -0.117. The topological polar surface area (TPSA) is 49.6 Å². The average molecular weight is 241 g/mol. The molecule has 2 rings (SSSR count). The molecule has 0 aromatic heterocycles. The summed E-state index contributed by atoms with van der Waals surface area (Å²) in [6, 6.07) is 0. The number of rotatable bonds is 2. The van der Waals surface area contributed by atoms with E-state index in [1.54, 1.807) is 4.90 Å². The van der Waals surface area contributed by atoms with Crippen molar-refractivity contribution in [3.63, 3.8) is 0 Å². The lowest BCUT2D eigenvalue weighted by Gasteiger charge is -2.08. The lowest BCUT2D eigenvalue weighted by atomic mass is 9.95. The van der Waals surface area contributed by atoms with Crippen molar-refractivity contribution < 1.29 is 4.79 Å². The molecule has 18 heavy (non-hydrogen) atoms. The number of nitrogens with two attached hydrogens (primary N) is 1. The molecule has 0 saturated carbocycles. The summed E-state index contributed by atoms with van der Waals surface area (Å²) >= 11 is 0. The van der Waals surface area contributed by atoms with Crippen molar-refractivity contribution in [1.29, 1.82) is 0 Å². The summed E-state index contributed by atoms with van der Waals surface area (Å²) in [5.74, 6) is -0.357. The summed E-state index contributed by atoms with van der Waals surface area (Å²) in [7, 11) is 3.77. The third kappa shape index (κ3) is 2.64. The molecule has 0 fully saturated rings. The van der Waals surface area contributed by atoms with Crippen molar-refractivity contribution in [2.24, 2.45) is 5.73 Å². The summed E-state index contributed by atoms with van der Waals surface area (Å²) in [5, 5.41) is 0. The Hall–Kier alpha value is -2.41. The van der Waals surface area contributed by atoms with Crippen LogP contribution in [-0.4, -0.2) is 29.8 Å². The number of hydrogen-bond donors (Lipinski definition) is 1. The number of hydrogen-bond acceptors (Lipinski definition) is 3. The van der Waals surface area contributed by atoms with Crippen LogP contribution in [0.2, 0.25) is 0 Å². The smallest absolute Gasteiger partial charge is 0.225 e. The predicted molar refractivity (Wildman–Crippen MR) is 69.2 cm³/mol. The van der Waals surface area contributed by atoms with Gasteiger partial charge in [-0.15, -0.1) is 0 Å². The first kappa shape index (κ1) is 12.1. The molecule has 1 amide bonds. The molecule has 4 heteroatoms. The predicted octanol–water partition coefficient (Wildman–Crippen LogP) is 1.08. The number of primary amides is 1. The van der Waals surface area contributed by atoms with Gasteiger partial charge in [0.1, 0.15) is 30.9 Å². The van der Waals surface area contributed by atoms with Crippen molar-refractivity contribution in [3.8, 4) is 0 Å². The first-order valence-electron chi connectivity index (χ1n) is 5.63. The van der Waals surface area contributed by atoms with Gasteiger partial charge in [0, 0.05) is 14.1 Å². The van der Waals surface area contributed by atoms with Gasteiger partial charge in [-0.1, -0.05) is 0 Å². The van der Waals surface area contributed by atoms with Crippen LogP contribution in [0, 0.1) is 12.4 Å². The van der Waals surface area contributed by atoms with E-state index in [1.807, 2.05) is 49.6 Å². The second-order valence-corrected chi connectivity index (χ2v) is 4.23. The second-order valence-electron chi connectivity index (χ2n) is 4.23. The minimum absolute atomic E-state index is 0.186. The normalized spacial score (nSPS) is 21.6. The SMILES string of the molecule is CN1[C+]=CC(=C2C=CN(C)[C+]=C2CC(N)=O)C=C1. The van der Waals surface area contributed by atoms with E-state index in [0.29, 0.717) is 0 Å². The molecule has 0 saturated heterocycles. The standard InChI is InChI=1S/C14H14N3O/c1-16-6-3-11(4-7-16)13-5-8-17(2)10-12(13)9-14(15)18/h3-6,8H,9H2,1-2H3,(H-,15,18)/q+1/p+1. The minimum atomic E-state index is -0.357. The van der Waals surface area contributed by atoms with Gasteiger partial charge in [-0.3, -0.25) is 4.79 Å². The highest BCUT2D eigenvalue weighted by Gasteiger charge is 2.27. The van der Waals surface area contributed by atoms with Gasteiger partial charge in [0.05, 0.1) is 18.6 Å². The maximum Gasteiger partial charge on any atom is 0.225 e. The van der Waals surface area contributed by atoms with E-state index in [0.717, 1.165) is 16.7 Å². The maximum absolute atomic E-state index is 11.1. The molecule has 0 spiro atoms. The summed E-state index contributed by atoms with van der Waals surface area (Å²) in [6.45, 7) is 0. The summed E-state index contributed by atoms with van der Waals surface area (Å²) in [6.07, 6.45) is 16.0. The molecule has 90 valence electrons. The zero-order valence-electron chi connectivity index (χ0n) is 10.5. The highest BCUT2D eigenvalue weighted by Crippen LogP contribution is 2.26. The van der Waals surface area contributed by atoms with Crippen LogP contribution >= 0.6 is 0 Å². The van der Waals surface area contributed by atoms with Crippen molar-refractivity contribution in [2.75, 3.05) is 14.1 Å². The lowest BCUT2D eigenvalue weighted by Crippen LogP contribution is -2.17. The largest absolute Gasteiger partial charge is 0.369 e. The number of carbonyl (C=O) groups excluding carboxylic acids is 1.